The lowest BCUT2D eigenvalue weighted by Gasteiger charge is -2.39. The number of halogens is 1. The van der Waals surface area contributed by atoms with Crippen LogP contribution in [0.15, 0.2) is 54.6 Å². The summed E-state index contributed by atoms with van der Waals surface area (Å²) in [6.45, 7) is 6.76. The smallest absolute Gasteiger partial charge is 0.272 e. The van der Waals surface area contributed by atoms with Gasteiger partial charge in [0.25, 0.3) is 5.91 Å². The number of imide groups is 1. The van der Waals surface area contributed by atoms with Crippen molar-refractivity contribution in [2.75, 3.05) is 62.7 Å². The summed E-state index contributed by atoms with van der Waals surface area (Å²) in [5, 5.41) is 23.6. The zero-order valence-electron chi connectivity index (χ0n) is 32.4. The topological polar surface area (TPSA) is 164 Å². The van der Waals surface area contributed by atoms with E-state index in [4.69, 9.17) is 21.6 Å². The van der Waals surface area contributed by atoms with Crippen LogP contribution in [-0.2, 0) is 20.8 Å². The summed E-state index contributed by atoms with van der Waals surface area (Å²) < 4.78 is 6.08. The van der Waals surface area contributed by atoms with E-state index in [-0.39, 0.29) is 42.7 Å². The Morgan fingerprint density at radius 2 is 1.65 bits per heavy atom. The molecule has 4 amide bonds. The number of carbonyl (C=O) groups is 4. The number of carbonyl (C=O) groups excluding carboxylic acids is 4. The van der Waals surface area contributed by atoms with Gasteiger partial charge in [-0.2, -0.15) is 5.26 Å². The molecule has 0 radical (unpaired) electrons. The first-order valence-corrected chi connectivity index (χ1v) is 20.4. The Bertz CT molecular complexity index is 1950. The normalized spacial score (nSPS) is 22.0. The molecule has 1 aliphatic carbocycles. The first kappa shape index (κ1) is 40.0. The number of benzene rings is 2. The van der Waals surface area contributed by atoms with E-state index in [0.29, 0.717) is 34.4 Å². The van der Waals surface area contributed by atoms with Gasteiger partial charge in [0.1, 0.15) is 17.9 Å². The SMILES string of the molecule is CN(C(=O)Cc1ccc(N2CCN(CC3CCN(c4ccc(C(=O)N[C@H]5CC[C@H](Oc6ccc(C#N)c(Cl)c6)CC5)nn4)CC3)CC2)cc1)C1CCC(=O)NC1=O. The first-order chi connectivity index (χ1) is 27.6. The Morgan fingerprint density at radius 1 is 0.912 bits per heavy atom. The Morgan fingerprint density at radius 3 is 2.30 bits per heavy atom. The molecule has 300 valence electrons. The first-order valence-electron chi connectivity index (χ1n) is 20.0. The number of hydrogen-bond donors (Lipinski definition) is 2. The standard InChI is InChI=1S/C42H50ClN9O5/c1-49(37-13-15-39(53)46-42(37)56)40(54)24-28-2-7-32(8-3-28)51-22-20-50(21-23-51)27-29-16-18-52(19-17-29)38-14-12-36(47-48-38)41(55)45-31-5-10-33(11-6-31)57-34-9-4-30(26-44)35(43)25-34/h2-4,7-9,12,14,25,29,31,33,37H,5-6,10-11,13,15-24,27H2,1H3,(H,45,55)(H,46,53,56)/t31-,33-,37?. The van der Waals surface area contributed by atoms with Crippen molar-refractivity contribution in [3.63, 3.8) is 0 Å². The fourth-order valence-electron chi connectivity index (χ4n) is 8.30. The van der Waals surface area contributed by atoms with Gasteiger partial charge in [0, 0.05) is 77.1 Å². The Balaban J connectivity index is 0.785. The number of nitriles is 1. The van der Waals surface area contributed by atoms with Crippen molar-refractivity contribution < 1.29 is 23.9 Å². The number of likely N-dealkylation sites (N-methyl/N-ethyl adjacent to an activating group) is 1. The van der Waals surface area contributed by atoms with Crippen molar-refractivity contribution in [2.45, 2.75) is 76.0 Å². The summed E-state index contributed by atoms with van der Waals surface area (Å²) in [5.74, 6) is 1.01. The summed E-state index contributed by atoms with van der Waals surface area (Å²) >= 11 is 6.15. The van der Waals surface area contributed by atoms with Gasteiger partial charge >= 0.3 is 0 Å². The number of rotatable bonds is 11. The Labute approximate surface area is 338 Å². The number of nitrogens with zero attached hydrogens (tertiary/aromatic N) is 7. The fourth-order valence-corrected chi connectivity index (χ4v) is 8.51. The van der Waals surface area contributed by atoms with Gasteiger partial charge in [-0.1, -0.05) is 23.7 Å². The number of anilines is 2. The number of piperidine rings is 2. The molecule has 4 aliphatic rings. The fraction of sp³-hybridized carbons (Fsp3) is 0.500. The number of hydrogen-bond acceptors (Lipinski definition) is 11. The molecule has 0 spiro atoms. The van der Waals surface area contributed by atoms with E-state index in [1.54, 1.807) is 31.3 Å². The van der Waals surface area contributed by atoms with Crippen LogP contribution < -0.4 is 25.2 Å². The molecule has 2 N–H and O–H groups in total. The number of piperazine rings is 1. The maximum atomic E-state index is 13.0. The Kier molecular flexibility index (Phi) is 12.9. The highest BCUT2D eigenvalue weighted by Gasteiger charge is 2.32. The monoisotopic (exact) mass is 795 g/mol. The summed E-state index contributed by atoms with van der Waals surface area (Å²) in [7, 11) is 1.63. The lowest BCUT2D eigenvalue weighted by atomic mass is 9.93. The summed E-state index contributed by atoms with van der Waals surface area (Å²) in [4.78, 5) is 58.2. The van der Waals surface area contributed by atoms with E-state index < -0.39 is 11.9 Å². The largest absolute Gasteiger partial charge is 0.490 e. The van der Waals surface area contributed by atoms with Crippen LogP contribution in [-0.4, -0.2) is 115 Å². The minimum Gasteiger partial charge on any atom is -0.490 e. The minimum atomic E-state index is -0.610. The molecule has 1 saturated carbocycles. The summed E-state index contributed by atoms with van der Waals surface area (Å²) in [5.41, 5.74) is 2.78. The second kappa shape index (κ2) is 18.3. The van der Waals surface area contributed by atoms with Crippen molar-refractivity contribution in [3.8, 4) is 11.8 Å². The van der Waals surface area contributed by atoms with Gasteiger partial charge in [-0.15, -0.1) is 10.2 Å². The van der Waals surface area contributed by atoms with Crippen molar-refractivity contribution in [1.82, 2.24) is 30.6 Å². The van der Waals surface area contributed by atoms with Gasteiger partial charge in [0.05, 0.1) is 23.1 Å². The van der Waals surface area contributed by atoms with Crippen LogP contribution in [0.5, 0.6) is 5.75 Å². The average molecular weight is 796 g/mol. The predicted octanol–water partition coefficient (Wildman–Crippen LogP) is 3.97. The number of aromatic nitrogens is 2. The van der Waals surface area contributed by atoms with E-state index in [1.165, 1.54) is 4.90 Å². The molecule has 57 heavy (non-hydrogen) atoms. The molecular formula is C42H50ClN9O5. The summed E-state index contributed by atoms with van der Waals surface area (Å²) in [6, 6.07) is 18.4. The highest BCUT2D eigenvalue weighted by Crippen LogP contribution is 2.28. The Hall–Kier alpha value is -5.26. The molecule has 1 atom stereocenters. The highest BCUT2D eigenvalue weighted by molar-refractivity contribution is 6.31. The molecule has 4 fully saturated rings. The van der Waals surface area contributed by atoms with Gasteiger partial charge in [0.15, 0.2) is 11.5 Å². The van der Waals surface area contributed by atoms with Crippen molar-refractivity contribution in [3.05, 3.63) is 76.4 Å². The van der Waals surface area contributed by atoms with Crippen LogP contribution in [0, 0.1) is 17.2 Å². The highest BCUT2D eigenvalue weighted by atomic mass is 35.5. The van der Waals surface area contributed by atoms with Crippen molar-refractivity contribution >= 4 is 46.7 Å². The van der Waals surface area contributed by atoms with Crippen LogP contribution in [0.3, 0.4) is 0 Å². The van der Waals surface area contributed by atoms with Gasteiger partial charge in [-0.05, 0) is 92.8 Å². The van der Waals surface area contributed by atoms with Crippen molar-refractivity contribution in [1.29, 1.82) is 5.26 Å². The average Bonchev–Trinajstić information content (AvgIpc) is 3.22. The minimum absolute atomic E-state index is 0.0301. The second-order valence-electron chi connectivity index (χ2n) is 15.6. The molecule has 1 aromatic heterocycles. The number of amides is 4. The zero-order chi connectivity index (χ0) is 39.9. The molecular weight excluding hydrogens is 746 g/mol. The van der Waals surface area contributed by atoms with E-state index >= 15 is 0 Å². The van der Waals surface area contributed by atoms with E-state index in [2.05, 4.69) is 53.7 Å². The quantitative estimate of drug-likeness (QED) is 0.270. The van der Waals surface area contributed by atoms with E-state index in [0.717, 1.165) is 101 Å². The van der Waals surface area contributed by atoms with Crippen LogP contribution >= 0.6 is 11.6 Å². The van der Waals surface area contributed by atoms with Gasteiger partial charge < -0.3 is 24.8 Å². The van der Waals surface area contributed by atoms with Crippen LogP contribution in [0.2, 0.25) is 5.02 Å². The number of nitrogens with one attached hydrogen (secondary N) is 2. The van der Waals surface area contributed by atoms with E-state index in [9.17, 15) is 19.2 Å². The third kappa shape index (κ3) is 10.2. The molecule has 4 heterocycles. The summed E-state index contributed by atoms with van der Waals surface area (Å²) in [6.07, 6.45) is 6.18. The van der Waals surface area contributed by atoms with Crippen LogP contribution in [0.1, 0.15) is 73.0 Å². The molecule has 7 rings (SSSR count). The predicted molar refractivity (Wildman–Crippen MR) is 215 cm³/mol. The number of ether oxygens (including phenoxy) is 1. The van der Waals surface area contributed by atoms with Gasteiger partial charge in [-0.25, -0.2) is 0 Å². The lowest BCUT2D eigenvalue weighted by Crippen LogP contribution is -2.53. The molecule has 3 saturated heterocycles. The van der Waals surface area contributed by atoms with E-state index in [1.807, 2.05) is 18.2 Å². The maximum absolute atomic E-state index is 13.0. The second-order valence-corrected chi connectivity index (χ2v) is 16.0. The maximum Gasteiger partial charge on any atom is 0.272 e. The third-order valence-corrected chi connectivity index (χ3v) is 12.1. The lowest BCUT2D eigenvalue weighted by molar-refractivity contribution is -0.144. The zero-order valence-corrected chi connectivity index (χ0v) is 33.1. The van der Waals surface area contributed by atoms with Gasteiger partial charge in [0.2, 0.25) is 17.7 Å². The molecule has 0 bridgehead atoms. The third-order valence-electron chi connectivity index (χ3n) is 11.8. The van der Waals surface area contributed by atoms with Crippen LogP contribution in [0.4, 0.5) is 11.5 Å². The van der Waals surface area contributed by atoms with Crippen LogP contribution in [0.25, 0.3) is 0 Å². The molecule has 15 heteroatoms. The molecule has 1 unspecified atom stereocenters. The van der Waals surface area contributed by atoms with Gasteiger partial charge in [-0.3, -0.25) is 29.4 Å². The molecule has 3 aromatic rings. The molecule has 14 nitrogen and oxygen atoms in total. The molecule has 2 aromatic carbocycles. The molecule has 3 aliphatic heterocycles. The van der Waals surface area contributed by atoms with Crippen molar-refractivity contribution in [2.24, 2.45) is 5.92 Å².